The zero-order valence-electron chi connectivity index (χ0n) is 10.8. The van der Waals surface area contributed by atoms with Crippen LogP contribution < -0.4 is 10.2 Å². The summed E-state index contributed by atoms with van der Waals surface area (Å²) in [5, 5.41) is 2.89. The SMILES string of the molecule is CN(C)c1cccc(C(=O)NCc2ccc(Cl)s2)c1. The summed E-state index contributed by atoms with van der Waals surface area (Å²) in [6.07, 6.45) is 0. The molecule has 0 radical (unpaired) electrons. The van der Waals surface area contributed by atoms with Crippen molar-refractivity contribution in [3.8, 4) is 0 Å². The number of hydrogen-bond acceptors (Lipinski definition) is 3. The first-order chi connectivity index (χ1) is 9.06. The Balaban J connectivity index is 2.01. The molecule has 2 rings (SSSR count). The van der Waals surface area contributed by atoms with E-state index in [1.165, 1.54) is 11.3 Å². The molecule has 1 heterocycles. The van der Waals surface area contributed by atoms with Crippen molar-refractivity contribution in [2.24, 2.45) is 0 Å². The van der Waals surface area contributed by atoms with E-state index < -0.39 is 0 Å². The van der Waals surface area contributed by atoms with Crippen LogP contribution in [0.4, 0.5) is 5.69 Å². The Morgan fingerprint density at radius 2 is 2.11 bits per heavy atom. The van der Waals surface area contributed by atoms with Crippen molar-refractivity contribution in [3.05, 3.63) is 51.2 Å². The molecular formula is C14H15ClN2OS. The van der Waals surface area contributed by atoms with Gasteiger partial charge < -0.3 is 10.2 Å². The number of rotatable bonds is 4. The van der Waals surface area contributed by atoms with Gasteiger partial charge in [0.2, 0.25) is 0 Å². The molecule has 3 nitrogen and oxygen atoms in total. The molecule has 1 aromatic heterocycles. The van der Waals surface area contributed by atoms with Gasteiger partial charge in [-0.05, 0) is 30.3 Å². The van der Waals surface area contributed by atoms with E-state index in [4.69, 9.17) is 11.6 Å². The number of amides is 1. The summed E-state index contributed by atoms with van der Waals surface area (Å²) in [6.45, 7) is 0.502. The Hall–Kier alpha value is -1.52. The third-order valence-electron chi connectivity index (χ3n) is 2.68. The van der Waals surface area contributed by atoms with Crippen molar-refractivity contribution in [3.63, 3.8) is 0 Å². The van der Waals surface area contributed by atoms with Crippen LogP contribution in [-0.2, 0) is 6.54 Å². The predicted octanol–water partition coefficient (Wildman–Crippen LogP) is 3.40. The Bertz CT molecular complexity index is 580. The first-order valence-corrected chi connectivity index (χ1v) is 7.05. The van der Waals surface area contributed by atoms with Crippen LogP contribution in [0.5, 0.6) is 0 Å². The maximum atomic E-state index is 12.0. The molecule has 0 bridgehead atoms. The van der Waals surface area contributed by atoms with Gasteiger partial charge in [0.15, 0.2) is 0 Å². The largest absolute Gasteiger partial charge is 0.378 e. The second kappa shape index (κ2) is 6.08. The number of hydrogen-bond donors (Lipinski definition) is 1. The van der Waals surface area contributed by atoms with Gasteiger partial charge in [-0.3, -0.25) is 4.79 Å². The van der Waals surface area contributed by atoms with E-state index in [1.807, 2.05) is 55.4 Å². The van der Waals surface area contributed by atoms with Gasteiger partial charge in [-0.25, -0.2) is 0 Å². The molecule has 5 heteroatoms. The second-order valence-electron chi connectivity index (χ2n) is 4.33. The molecule has 0 aliphatic rings. The van der Waals surface area contributed by atoms with Gasteiger partial charge in [0.1, 0.15) is 0 Å². The molecule has 0 unspecified atom stereocenters. The van der Waals surface area contributed by atoms with Gasteiger partial charge in [0, 0.05) is 30.2 Å². The monoisotopic (exact) mass is 294 g/mol. The molecule has 19 heavy (non-hydrogen) atoms. The summed E-state index contributed by atoms with van der Waals surface area (Å²) in [4.78, 5) is 15.1. The van der Waals surface area contributed by atoms with Crippen molar-refractivity contribution in [2.75, 3.05) is 19.0 Å². The summed E-state index contributed by atoms with van der Waals surface area (Å²) in [7, 11) is 3.90. The lowest BCUT2D eigenvalue weighted by Crippen LogP contribution is -2.22. The number of thiophene rings is 1. The molecule has 100 valence electrons. The molecule has 1 N–H and O–H groups in total. The van der Waals surface area contributed by atoms with E-state index in [-0.39, 0.29) is 5.91 Å². The molecule has 0 aliphatic heterocycles. The number of nitrogens with zero attached hydrogens (tertiary/aromatic N) is 1. The summed E-state index contributed by atoms with van der Waals surface area (Å²) in [5.74, 6) is -0.0757. The highest BCUT2D eigenvalue weighted by Crippen LogP contribution is 2.21. The maximum absolute atomic E-state index is 12.0. The Morgan fingerprint density at radius 3 is 2.74 bits per heavy atom. The Morgan fingerprint density at radius 1 is 1.32 bits per heavy atom. The predicted molar refractivity (Wildman–Crippen MR) is 81.3 cm³/mol. The quantitative estimate of drug-likeness (QED) is 0.937. The summed E-state index contributed by atoms with van der Waals surface area (Å²) in [6, 6.07) is 11.3. The second-order valence-corrected chi connectivity index (χ2v) is 6.13. The molecule has 2 aromatic rings. The highest BCUT2D eigenvalue weighted by molar-refractivity contribution is 7.16. The smallest absolute Gasteiger partial charge is 0.251 e. The molecular weight excluding hydrogens is 280 g/mol. The van der Waals surface area contributed by atoms with Crippen LogP contribution in [0.2, 0.25) is 4.34 Å². The molecule has 0 saturated carbocycles. The normalized spacial score (nSPS) is 10.3. The lowest BCUT2D eigenvalue weighted by Gasteiger charge is -2.13. The minimum Gasteiger partial charge on any atom is -0.378 e. The van der Waals surface area contributed by atoms with E-state index >= 15 is 0 Å². The summed E-state index contributed by atoms with van der Waals surface area (Å²) < 4.78 is 0.735. The molecule has 0 saturated heterocycles. The lowest BCUT2D eigenvalue weighted by molar-refractivity contribution is 0.0951. The average molecular weight is 295 g/mol. The molecule has 0 aliphatic carbocycles. The van der Waals surface area contributed by atoms with Crippen molar-refractivity contribution in [1.29, 1.82) is 0 Å². The number of carbonyl (C=O) groups excluding carboxylic acids is 1. The molecule has 1 amide bonds. The number of benzene rings is 1. The van der Waals surface area contributed by atoms with Crippen LogP contribution in [0.3, 0.4) is 0 Å². The van der Waals surface area contributed by atoms with Gasteiger partial charge in [0.05, 0.1) is 10.9 Å². The number of nitrogens with one attached hydrogen (secondary N) is 1. The van der Waals surface area contributed by atoms with Gasteiger partial charge in [0.25, 0.3) is 5.91 Å². The Kier molecular flexibility index (Phi) is 4.45. The van der Waals surface area contributed by atoms with Crippen molar-refractivity contribution < 1.29 is 4.79 Å². The third kappa shape index (κ3) is 3.72. The van der Waals surface area contributed by atoms with Crippen molar-refractivity contribution >= 4 is 34.5 Å². The lowest BCUT2D eigenvalue weighted by atomic mass is 10.2. The average Bonchev–Trinajstić information content (AvgIpc) is 2.82. The van der Waals surface area contributed by atoms with Crippen molar-refractivity contribution in [2.45, 2.75) is 6.54 Å². The first-order valence-electron chi connectivity index (χ1n) is 5.86. The van der Waals surface area contributed by atoms with Crippen LogP contribution >= 0.6 is 22.9 Å². The maximum Gasteiger partial charge on any atom is 0.251 e. The number of carbonyl (C=O) groups is 1. The fourth-order valence-electron chi connectivity index (χ4n) is 1.64. The third-order valence-corrected chi connectivity index (χ3v) is 3.91. The zero-order chi connectivity index (χ0) is 13.8. The first kappa shape index (κ1) is 13.9. The van der Waals surface area contributed by atoms with E-state index in [1.54, 1.807) is 0 Å². The fourth-order valence-corrected chi connectivity index (χ4v) is 2.67. The van der Waals surface area contributed by atoms with Crippen LogP contribution in [0.15, 0.2) is 36.4 Å². The molecule has 0 spiro atoms. The minimum atomic E-state index is -0.0757. The number of halogens is 1. The van der Waals surface area contributed by atoms with Crippen LogP contribution in [0, 0.1) is 0 Å². The van der Waals surface area contributed by atoms with E-state index in [2.05, 4.69) is 5.32 Å². The topological polar surface area (TPSA) is 32.3 Å². The minimum absolute atomic E-state index is 0.0757. The van der Waals surface area contributed by atoms with Gasteiger partial charge >= 0.3 is 0 Å². The standard InChI is InChI=1S/C14H15ClN2OS/c1-17(2)11-5-3-4-10(8-11)14(18)16-9-12-6-7-13(15)19-12/h3-8H,9H2,1-2H3,(H,16,18). The van der Waals surface area contributed by atoms with Gasteiger partial charge in [-0.15, -0.1) is 11.3 Å². The molecule has 1 aromatic carbocycles. The Labute approximate surface area is 121 Å². The summed E-state index contributed by atoms with van der Waals surface area (Å²) >= 11 is 7.32. The van der Waals surface area contributed by atoms with Crippen LogP contribution in [-0.4, -0.2) is 20.0 Å². The molecule has 0 fully saturated rings. The van der Waals surface area contributed by atoms with Crippen LogP contribution in [0.25, 0.3) is 0 Å². The van der Waals surface area contributed by atoms with E-state index in [9.17, 15) is 4.79 Å². The fraction of sp³-hybridized carbons (Fsp3) is 0.214. The molecule has 0 atom stereocenters. The zero-order valence-corrected chi connectivity index (χ0v) is 12.4. The van der Waals surface area contributed by atoms with Gasteiger partial charge in [-0.2, -0.15) is 0 Å². The van der Waals surface area contributed by atoms with Crippen molar-refractivity contribution in [1.82, 2.24) is 5.32 Å². The highest BCUT2D eigenvalue weighted by Gasteiger charge is 2.07. The van der Waals surface area contributed by atoms with E-state index in [0.29, 0.717) is 12.1 Å². The summed E-state index contributed by atoms with van der Waals surface area (Å²) in [5.41, 5.74) is 1.67. The van der Waals surface area contributed by atoms with Gasteiger partial charge in [-0.1, -0.05) is 17.7 Å². The number of anilines is 1. The highest BCUT2D eigenvalue weighted by atomic mass is 35.5. The van der Waals surface area contributed by atoms with E-state index in [0.717, 1.165) is 14.9 Å². The van der Waals surface area contributed by atoms with Crippen LogP contribution in [0.1, 0.15) is 15.2 Å².